The average Bonchev–Trinajstić information content (AvgIpc) is 3.30. The predicted molar refractivity (Wildman–Crippen MR) is 118 cm³/mol. The fourth-order valence-corrected chi connectivity index (χ4v) is 3.61. The van der Waals surface area contributed by atoms with Crippen LogP contribution in [0.25, 0.3) is 33.7 Å². The van der Waals surface area contributed by atoms with Crippen molar-refractivity contribution in [1.82, 2.24) is 19.7 Å². The van der Waals surface area contributed by atoms with Crippen LogP contribution in [0.4, 0.5) is 13.2 Å². The topological polar surface area (TPSA) is 46.5 Å². The van der Waals surface area contributed by atoms with Crippen molar-refractivity contribution in [2.75, 3.05) is 0 Å². The third-order valence-electron chi connectivity index (χ3n) is 5.26. The van der Waals surface area contributed by atoms with Gasteiger partial charge in [-0.1, -0.05) is 45.0 Å². The van der Waals surface area contributed by atoms with E-state index < -0.39 is 11.7 Å². The fraction of sp³-hybridized carbons (Fsp3) is 0.333. The number of imidazole rings is 1. The van der Waals surface area contributed by atoms with E-state index in [1.807, 2.05) is 10.7 Å². The van der Waals surface area contributed by atoms with E-state index in [2.05, 4.69) is 44.6 Å². The first-order valence-corrected chi connectivity index (χ1v) is 10.2. The Morgan fingerprint density at radius 3 is 2.31 bits per heavy atom. The molecule has 0 aliphatic heterocycles. The number of benzene rings is 2. The second-order valence-electron chi connectivity index (χ2n) is 9.06. The van der Waals surface area contributed by atoms with Gasteiger partial charge in [0.15, 0.2) is 5.82 Å². The number of nitrogens with one attached hydrogen (secondary N) is 1. The van der Waals surface area contributed by atoms with Crippen LogP contribution in [0.2, 0.25) is 0 Å². The predicted octanol–water partition coefficient (Wildman–Crippen LogP) is 4.11. The largest absolute Gasteiger partial charge is 1.00 e. The minimum absolute atomic E-state index is 0. The second kappa shape index (κ2) is 8.69. The summed E-state index contributed by atoms with van der Waals surface area (Å²) >= 11 is 0. The molecule has 1 N–H and O–H groups in total. The van der Waals surface area contributed by atoms with Crippen molar-refractivity contribution in [1.29, 1.82) is 0 Å². The van der Waals surface area contributed by atoms with Crippen molar-refractivity contribution < 1.29 is 44.2 Å². The molecule has 0 fully saturated rings. The van der Waals surface area contributed by atoms with Gasteiger partial charge in [0.25, 0.3) is 0 Å². The fourth-order valence-electron chi connectivity index (χ4n) is 3.61. The van der Waals surface area contributed by atoms with Gasteiger partial charge in [0.05, 0.1) is 22.3 Å². The van der Waals surface area contributed by atoms with Crippen molar-refractivity contribution in [3.8, 4) is 22.6 Å². The number of halogens is 3. The summed E-state index contributed by atoms with van der Waals surface area (Å²) in [6.07, 6.45) is -4.42. The van der Waals surface area contributed by atoms with Crippen LogP contribution in [0.5, 0.6) is 0 Å². The second-order valence-corrected chi connectivity index (χ2v) is 9.06. The van der Waals surface area contributed by atoms with E-state index in [1.165, 1.54) is 12.1 Å². The number of hydrogen-bond acceptors (Lipinski definition) is 2. The summed E-state index contributed by atoms with van der Waals surface area (Å²) in [6, 6.07) is 12.9. The Labute approximate surface area is 209 Å². The first-order valence-electron chi connectivity index (χ1n) is 10.2. The van der Waals surface area contributed by atoms with E-state index in [4.69, 9.17) is 5.10 Å². The van der Waals surface area contributed by atoms with E-state index in [0.29, 0.717) is 22.4 Å². The number of aromatic amines is 1. The van der Waals surface area contributed by atoms with E-state index in [-0.39, 0.29) is 48.0 Å². The number of alkyl halides is 3. The van der Waals surface area contributed by atoms with E-state index in [0.717, 1.165) is 17.5 Å². The SMILES string of the molecule is CC(C)n1nc(C(C)(C)C)cc1-c1nc2ccc(-c3ccccc3C(F)(F)F)cc2[nH]1.[H-].[Na+]. The minimum atomic E-state index is -4.42. The first kappa shape index (κ1) is 24.6. The quantitative estimate of drug-likeness (QED) is 0.478. The van der Waals surface area contributed by atoms with Crippen LogP contribution in [-0.4, -0.2) is 19.7 Å². The average molecular weight is 450 g/mol. The number of H-pyrrole nitrogens is 1. The van der Waals surface area contributed by atoms with E-state index >= 15 is 0 Å². The molecule has 0 radical (unpaired) electrons. The molecule has 2 aromatic heterocycles. The third-order valence-corrected chi connectivity index (χ3v) is 5.26. The molecule has 4 nitrogen and oxygen atoms in total. The Kier molecular flexibility index (Phi) is 6.67. The Morgan fingerprint density at radius 1 is 1.00 bits per heavy atom. The molecule has 0 atom stereocenters. The molecule has 0 saturated heterocycles. The molecular formula is C24H26F3N4Na. The van der Waals surface area contributed by atoms with Crippen LogP contribution in [0.3, 0.4) is 0 Å². The Morgan fingerprint density at radius 2 is 1.69 bits per heavy atom. The zero-order valence-electron chi connectivity index (χ0n) is 20.2. The van der Waals surface area contributed by atoms with Crippen molar-refractivity contribution in [2.45, 2.75) is 52.3 Å². The first-order chi connectivity index (χ1) is 14.4. The van der Waals surface area contributed by atoms with Gasteiger partial charge >= 0.3 is 35.7 Å². The van der Waals surface area contributed by atoms with Gasteiger partial charge in [-0.25, -0.2) is 4.98 Å². The Balaban J connectivity index is 0.00000193. The number of rotatable bonds is 3. The molecule has 0 unspecified atom stereocenters. The Bertz CT molecular complexity index is 1250. The molecule has 0 aliphatic carbocycles. The summed E-state index contributed by atoms with van der Waals surface area (Å²) in [5.41, 5.74) is 3.05. The van der Waals surface area contributed by atoms with Gasteiger partial charge in [-0.3, -0.25) is 4.68 Å². The molecule has 0 aliphatic rings. The van der Waals surface area contributed by atoms with Crippen molar-refractivity contribution in [3.05, 3.63) is 59.8 Å². The molecule has 0 bridgehead atoms. The van der Waals surface area contributed by atoms with Gasteiger partial charge in [0.1, 0.15) is 5.69 Å². The third kappa shape index (κ3) is 4.65. The standard InChI is InChI=1S/C24H25F3N4.Na.H/c1-14(2)31-20(13-21(30-31)23(3,4)5)22-28-18-11-10-15(12-19(18)29-22)16-8-6-7-9-17(16)24(25,26)27;;/h6-14H,1-5H3,(H,28,29);;/q;+1;-1. The number of fused-ring (bicyclic) bond motifs is 1. The van der Waals surface area contributed by atoms with Crippen LogP contribution in [-0.2, 0) is 11.6 Å². The maximum Gasteiger partial charge on any atom is 1.00 e. The van der Waals surface area contributed by atoms with Crippen molar-refractivity contribution in [2.24, 2.45) is 0 Å². The molecule has 0 spiro atoms. The van der Waals surface area contributed by atoms with Crippen LogP contribution in [0.1, 0.15) is 53.3 Å². The number of hydrogen-bond donors (Lipinski definition) is 1. The molecule has 0 saturated carbocycles. The number of aromatic nitrogens is 4. The summed E-state index contributed by atoms with van der Waals surface area (Å²) in [6.45, 7) is 10.4. The van der Waals surface area contributed by atoms with Crippen LogP contribution >= 0.6 is 0 Å². The summed E-state index contributed by atoms with van der Waals surface area (Å²) in [4.78, 5) is 7.98. The smallest absolute Gasteiger partial charge is 1.00 e. The molecule has 8 heteroatoms. The van der Waals surface area contributed by atoms with Crippen LogP contribution in [0.15, 0.2) is 48.5 Å². The summed E-state index contributed by atoms with van der Waals surface area (Å²) in [5, 5.41) is 4.76. The van der Waals surface area contributed by atoms with E-state index in [1.54, 1.807) is 24.3 Å². The molecule has 4 aromatic rings. The molecule has 0 amide bonds. The van der Waals surface area contributed by atoms with E-state index in [9.17, 15) is 13.2 Å². The summed E-state index contributed by atoms with van der Waals surface area (Å²) < 4.78 is 42.3. The van der Waals surface area contributed by atoms with Gasteiger partial charge in [0, 0.05) is 11.5 Å². The molecular weight excluding hydrogens is 424 g/mol. The molecule has 32 heavy (non-hydrogen) atoms. The molecule has 4 rings (SSSR count). The van der Waals surface area contributed by atoms with Crippen molar-refractivity contribution >= 4 is 11.0 Å². The zero-order chi connectivity index (χ0) is 22.6. The molecule has 2 aromatic carbocycles. The minimum Gasteiger partial charge on any atom is -1.00 e. The maximum atomic E-state index is 13.5. The molecule has 2 heterocycles. The normalized spacial score (nSPS) is 12.4. The number of nitrogens with zero attached hydrogens (tertiary/aromatic N) is 3. The van der Waals surface area contributed by atoms with Gasteiger partial charge in [0.2, 0.25) is 0 Å². The maximum absolute atomic E-state index is 13.5. The molecule has 164 valence electrons. The Hall–Kier alpha value is -2.09. The van der Waals surface area contributed by atoms with Crippen molar-refractivity contribution in [3.63, 3.8) is 0 Å². The zero-order valence-corrected chi connectivity index (χ0v) is 21.2. The van der Waals surface area contributed by atoms with Gasteiger partial charge < -0.3 is 6.41 Å². The van der Waals surface area contributed by atoms with Gasteiger partial charge in [-0.2, -0.15) is 18.3 Å². The summed E-state index contributed by atoms with van der Waals surface area (Å²) in [5.74, 6) is 0.646. The van der Waals surface area contributed by atoms with Gasteiger partial charge in [-0.15, -0.1) is 0 Å². The van der Waals surface area contributed by atoms with Crippen LogP contribution in [0, 0.1) is 0 Å². The summed E-state index contributed by atoms with van der Waals surface area (Å²) in [7, 11) is 0. The monoisotopic (exact) mass is 450 g/mol. The van der Waals surface area contributed by atoms with Crippen LogP contribution < -0.4 is 29.6 Å². The van der Waals surface area contributed by atoms with Gasteiger partial charge in [-0.05, 0) is 49.2 Å².